The number of fused-ring (bicyclic) bond motifs is 3. The highest BCUT2D eigenvalue weighted by molar-refractivity contribution is 6.02. The van der Waals surface area contributed by atoms with E-state index in [1.165, 1.54) is 22.8 Å². The van der Waals surface area contributed by atoms with Crippen LogP contribution in [0.2, 0.25) is 0 Å². The predicted octanol–water partition coefficient (Wildman–Crippen LogP) is 5.20. The number of pyridine rings is 4. The molecule has 5 heterocycles. The summed E-state index contributed by atoms with van der Waals surface area (Å²) in [5.41, 5.74) is 1.30. The van der Waals surface area contributed by atoms with Gasteiger partial charge in [-0.15, -0.1) is 0 Å². The summed E-state index contributed by atoms with van der Waals surface area (Å²) in [4.78, 5) is 26.6. The smallest absolute Gasteiger partial charge is 0.275 e. The molecule has 0 radical (unpaired) electrons. The Morgan fingerprint density at radius 3 is 2.50 bits per heavy atom. The minimum absolute atomic E-state index is 0.0883. The van der Waals surface area contributed by atoms with Gasteiger partial charge in [-0.3, -0.25) is 14.3 Å². The molecule has 36 heavy (non-hydrogen) atoms. The molecular formula is C26H15F3N6O. The van der Waals surface area contributed by atoms with Crippen molar-refractivity contribution in [1.82, 2.24) is 29.3 Å². The summed E-state index contributed by atoms with van der Waals surface area (Å²) < 4.78 is 43.0. The highest BCUT2D eigenvalue weighted by Crippen LogP contribution is 2.32. The lowest BCUT2D eigenvalue weighted by molar-refractivity contribution is -0.137. The van der Waals surface area contributed by atoms with Crippen molar-refractivity contribution in [3.63, 3.8) is 0 Å². The minimum atomic E-state index is -4.55. The van der Waals surface area contributed by atoms with E-state index >= 15 is 0 Å². The van der Waals surface area contributed by atoms with Gasteiger partial charge in [0.15, 0.2) is 5.82 Å². The Balaban J connectivity index is 1.56. The molecule has 0 saturated heterocycles. The zero-order valence-corrected chi connectivity index (χ0v) is 18.4. The van der Waals surface area contributed by atoms with Crippen LogP contribution in [0.25, 0.3) is 44.7 Å². The lowest BCUT2D eigenvalue weighted by Crippen LogP contribution is -2.18. The van der Waals surface area contributed by atoms with Gasteiger partial charge in [-0.1, -0.05) is 6.07 Å². The van der Waals surface area contributed by atoms with Crippen molar-refractivity contribution >= 4 is 21.9 Å². The number of aromatic nitrogens is 6. The van der Waals surface area contributed by atoms with Crippen molar-refractivity contribution in [2.45, 2.75) is 6.18 Å². The van der Waals surface area contributed by atoms with Crippen LogP contribution in [0.1, 0.15) is 5.56 Å². The monoisotopic (exact) mass is 484 g/mol. The second-order valence-corrected chi connectivity index (χ2v) is 8.04. The number of benzene rings is 1. The van der Waals surface area contributed by atoms with Crippen LogP contribution in [0.4, 0.5) is 13.2 Å². The van der Waals surface area contributed by atoms with Crippen molar-refractivity contribution in [1.29, 1.82) is 0 Å². The first-order valence-corrected chi connectivity index (χ1v) is 10.8. The second-order valence-electron chi connectivity index (χ2n) is 8.04. The van der Waals surface area contributed by atoms with Gasteiger partial charge in [0.1, 0.15) is 5.52 Å². The molecule has 0 spiro atoms. The van der Waals surface area contributed by atoms with E-state index in [0.717, 1.165) is 12.1 Å². The fraction of sp³-hybridized carbons (Fsp3) is 0.0385. The van der Waals surface area contributed by atoms with Crippen LogP contribution in [0.15, 0.2) is 96.3 Å². The van der Waals surface area contributed by atoms with Crippen LogP contribution in [-0.4, -0.2) is 29.3 Å². The third-order valence-electron chi connectivity index (χ3n) is 5.78. The summed E-state index contributed by atoms with van der Waals surface area (Å²) in [5, 5.41) is 4.73. The fourth-order valence-electron chi connectivity index (χ4n) is 4.09. The first kappa shape index (κ1) is 21.7. The van der Waals surface area contributed by atoms with Gasteiger partial charge >= 0.3 is 6.18 Å². The molecule has 7 nitrogen and oxygen atoms in total. The predicted molar refractivity (Wildman–Crippen MR) is 128 cm³/mol. The van der Waals surface area contributed by atoms with E-state index in [9.17, 15) is 18.0 Å². The molecule has 6 aromatic rings. The molecule has 0 N–H and O–H groups in total. The van der Waals surface area contributed by atoms with Crippen LogP contribution in [-0.2, 0) is 6.18 Å². The van der Waals surface area contributed by atoms with Crippen LogP contribution < -0.4 is 5.56 Å². The van der Waals surface area contributed by atoms with Gasteiger partial charge < -0.3 is 0 Å². The lowest BCUT2D eigenvalue weighted by atomic mass is 10.1. The van der Waals surface area contributed by atoms with Crippen LogP contribution >= 0.6 is 0 Å². The Morgan fingerprint density at radius 1 is 0.861 bits per heavy atom. The maximum absolute atomic E-state index is 13.4. The van der Waals surface area contributed by atoms with Crippen molar-refractivity contribution in [3.05, 3.63) is 107 Å². The van der Waals surface area contributed by atoms with Crippen molar-refractivity contribution in [2.75, 3.05) is 0 Å². The standard InChI is InChI=1S/C26H15F3N6O/c27-26(28,29)18-3-1-4-19(13-18)35-23(36)10-6-17-15-30-21-8-7-20(33-24(21)25(17)35)16-5-9-22(31-14-16)34-12-2-11-32-34/h1-15H. The molecule has 0 aliphatic carbocycles. The first-order valence-electron chi connectivity index (χ1n) is 10.8. The van der Waals surface area contributed by atoms with Crippen LogP contribution in [0, 0.1) is 0 Å². The molecule has 1 aromatic carbocycles. The van der Waals surface area contributed by atoms with E-state index < -0.39 is 17.3 Å². The van der Waals surface area contributed by atoms with Gasteiger partial charge in [0.2, 0.25) is 0 Å². The van der Waals surface area contributed by atoms with E-state index in [-0.39, 0.29) is 5.69 Å². The summed E-state index contributed by atoms with van der Waals surface area (Å²) in [6, 6.07) is 16.5. The summed E-state index contributed by atoms with van der Waals surface area (Å²) in [6.07, 6.45) is 2.12. The highest BCUT2D eigenvalue weighted by atomic mass is 19.4. The highest BCUT2D eigenvalue weighted by Gasteiger charge is 2.30. The molecular weight excluding hydrogens is 469 g/mol. The number of rotatable bonds is 3. The minimum Gasteiger partial charge on any atom is -0.275 e. The largest absolute Gasteiger partial charge is 0.416 e. The van der Waals surface area contributed by atoms with Gasteiger partial charge in [0, 0.05) is 47.5 Å². The third kappa shape index (κ3) is 3.68. The maximum atomic E-state index is 13.4. The van der Waals surface area contributed by atoms with E-state index in [0.29, 0.717) is 39.0 Å². The molecule has 176 valence electrons. The number of hydrogen-bond acceptors (Lipinski definition) is 5. The summed E-state index contributed by atoms with van der Waals surface area (Å²) in [6.45, 7) is 0. The summed E-state index contributed by atoms with van der Waals surface area (Å²) in [5.74, 6) is 0.634. The molecule has 0 unspecified atom stereocenters. The molecule has 0 atom stereocenters. The first-order chi connectivity index (χ1) is 17.4. The summed E-state index contributed by atoms with van der Waals surface area (Å²) in [7, 11) is 0. The average Bonchev–Trinajstić information content (AvgIpc) is 3.43. The summed E-state index contributed by atoms with van der Waals surface area (Å²) >= 11 is 0. The molecule has 0 amide bonds. The molecule has 6 rings (SSSR count). The molecule has 5 aromatic heterocycles. The molecule has 0 aliphatic rings. The third-order valence-corrected chi connectivity index (χ3v) is 5.78. The van der Waals surface area contributed by atoms with E-state index in [4.69, 9.17) is 4.98 Å². The van der Waals surface area contributed by atoms with Gasteiger partial charge in [-0.2, -0.15) is 18.3 Å². The number of alkyl halides is 3. The van der Waals surface area contributed by atoms with Crippen molar-refractivity contribution in [3.8, 4) is 22.8 Å². The Morgan fingerprint density at radius 2 is 1.75 bits per heavy atom. The van der Waals surface area contributed by atoms with Gasteiger partial charge in [0.05, 0.1) is 22.3 Å². The number of halogens is 3. The molecule has 0 fully saturated rings. The number of hydrogen-bond donors (Lipinski definition) is 0. The Bertz CT molecular complexity index is 1790. The molecule has 0 aliphatic heterocycles. The van der Waals surface area contributed by atoms with Crippen molar-refractivity contribution < 1.29 is 13.2 Å². The molecule has 0 bridgehead atoms. The van der Waals surface area contributed by atoms with E-state index in [1.807, 2.05) is 6.07 Å². The maximum Gasteiger partial charge on any atom is 0.416 e. The lowest BCUT2D eigenvalue weighted by Gasteiger charge is -2.14. The zero-order chi connectivity index (χ0) is 24.9. The quantitative estimate of drug-likeness (QED) is 0.323. The Kier molecular flexibility index (Phi) is 4.89. The van der Waals surface area contributed by atoms with E-state index in [1.54, 1.807) is 59.8 Å². The van der Waals surface area contributed by atoms with Crippen LogP contribution in [0.5, 0.6) is 0 Å². The molecule has 10 heteroatoms. The van der Waals surface area contributed by atoms with Crippen LogP contribution in [0.3, 0.4) is 0 Å². The fourth-order valence-corrected chi connectivity index (χ4v) is 4.09. The van der Waals surface area contributed by atoms with E-state index in [2.05, 4.69) is 15.1 Å². The Labute approximate surface area is 201 Å². The number of nitrogens with zero attached hydrogens (tertiary/aromatic N) is 6. The SMILES string of the molecule is O=c1ccc2cnc3ccc(-c4ccc(-n5cccn5)nc4)nc3c2n1-c1cccc(C(F)(F)F)c1. The normalized spacial score (nSPS) is 11.9. The Hall–Kier alpha value is -4.86. The van der Waals surface area contributed by atoms with Gasteiger partial charge in [-0.05, 0) is 54.6 Å². The van der Waals surface area contributed by atoms with Gasteiger partial charge in [0.25, 0.3) is 5.56 Å². The zero-order valence-electron chi connectivity index (χ0n) is 18.4. The molecule has 0 saturated carbocycles. The van der Waals surface area contributed by atoms with Crippen molar-refractivity contribution in [2.24, 2.45) is 0 Å². The second kappa shape index (κ2) is 8.12. The topological polar surface area (TPSA) is 78.5 Å². The average molecular weight is 484 g/mol. The van der Waals surface area contributed by atoms with Gasteiger partial charge in [-0.25, -0.2) is 14.6 Å².